The molecule has 0 aliphatic carbocycles. The molecule has 2 aromatic rings. The maximum atomic E-state index is 13.0. The second kappa shape index (κ2) is 11.3. The Labute approximate surface area is 185 Å². The third kappa shape index (κ3) is 6.95. The summed E-state index contributed by atoms with van der Waals surface area (Å²) in [5.41, 5.74) is 5.41. The van der Waals surface area contributed by atoms with E-state index in [1.54, 1.807) is 0 Å². The van der Waals surface area contributed by atoms with Crippen LogP contribution >= 0.6 is 0 Å². The van der Waals surface area contributed by atoms with Crippen molar-refractivity contribution >= 4 is 11.7 Å². The van der Waals surface area contributed by atoms with E-state index in [1.807, 2.05) is 69.3 Å². The molecule has 0 spiro atoms. The topological polar surface area (TPSA) is 47.9 Å². The molecule has 0 saturated heterocycles. The number of esters is 1. The Morgan fingerprint density at radius 3 is 2.65 bits per heavy atom. The fourth-order valence-corrected chi connectivity index (χ4v) is 3.68. The SMILES string of the molecule is Cc1cc(C)c2c(c1)CC(=NOCc1ccccc1)/C=C/CC/C=C/C[C@H](C)OC2=O. The Balaban J connectivity index is 1.91. The molecular formula is C27H31NO3. The van der Waals surface area contributed by atoms with Crippen LogP contribution in [-0.4, -0.2) is 17.8 Å². The lowest BCUT2D eigenvalue weighted by molar-refractivity contribution is 0.0346. The molecule has 0 saturated carbocycles. The molecular weight excluding hydrogens is 386 g/mol. The van der Waals surface area contributed by atoms with E-state index in [0.717, 1.165) is 47.2 Å². The zero-order chi connectivity index (χ0) is 22.1. The van der Waals surface area contributed by atoms with E-state index in [-0.39, 0.29) is 12.1 Å². The summed E-state index contributed by atoms with van der Waals surface area (Å²) in [6.45, 7) is 6.33. The molecule has 0 amide bonds. The van der Waals surface area contributed by atoms with Crippen LogP contribution in [0.15, 0.2) is 71.9 Å². The van der Waals surface area contributed by atoms with Gasteiger partial charge in [-0.25, -0.2) is 4.79 Å². The van der Waals surface area contributed by atoms with Gasteiger partial charge in [-0.15, -0.1) is 0 Å². The average molecular weight is 418 g/mol. The largest absolute Gasteiger partial charge is 0.459 e. The highest BCUT2D eigenvalue weighted by molar-refractivity contribution is 5.99. The van der Waals surface area contributed by atoms with Crippen molar-refractivity contribution in [2.45, 2.75) is 59.2 Å². The number of ether oxygens (including phenoxy) is 1. The van der Waals surface area contributed by atoms with Crippen molar-refractivity contribution in [1.29, 1.82) is 0 Å². The lowest BCUT2D eigenvalue weighted by atomic mass is 9.95. The molecule has 0 fully saturated rings. The molecule has 0 aromatic heterocycles. The molecule has 1 aliphatic heterocycles. The zero-order valence-corrected chi connectivity index (χ0v) is 18.6. The van der Waals surface area contributed by atoms with Crippen molar-refractivity contribution in [2.24, 2.45) is 5.16 Å². The maximum Gasteiger partial charge on any atom is 0.338 e. The summed E-state index contributed by atoms with van der Waals surface area (Å²) in [4.78, 5) is 18.6. The third-order valence-corrected chi connectivity index (χ3v) is 5.15. The molecule has 3 rings (SSSR count). The number of hydrogen-bond donors (Lipinski definition) is 0. The molecule has 4 nitrogen and oxygen atoms in total. The smallest absolute Gasteiger partial charge is 0.338 e. The van der Waals surface area contributed by atoms with Gasteiger partial charge in [0.25, 0.3) is 0 Å². The highest BCUT2D eigenvalue weighted by Gasteiger charge is 2.20. The van der Waals surface area contributed by atoms with Crippen LogP contribution in [0.3, 0.4) is 0 Å². The fourth-order valence-electron chi connectivity index (χ4n) is 3.68. The first-order chi connectivity index (χ1) is 15.0. The van der Waals surface area contributed by atoms with Gasteiger partial charge in [0.2, 0.25) is 0 Å². The number of nitrogens with zero attached hydrogens (tertiary/aromatic N) is 1. The van der Waals surface area contributed by atoms with Crippen LogP contribution in [0.5, 0.6) is 0 Å². The van der Waals surface area contributed by atoms with Crippen molar-refractivity contribution < 1.29 is 14.4 Å². The number of oxime groups is 1. The van der Waals surface area contributed by atoms with Crippen LogP contribution in [0.25, 0.3) is 0 Å². The van der Waals surface area contributed by atoms with Crippen molar-refractivity contribution in [2.75, 3.05) is 0 Å². The molecule has 1 atom stereocenters. The maximum absolute atomic E-state index is 13.0. The van der Waals surface area contributed by atoms with Crippen LogP contribution in [0.2, 0.25) is 0 Å². The molecule has 0 N–H and O–H groups in total. The van der Waals surface area contributed by atoms with Crippen LogP contribution in [0.1, 0.15) is 58.8 Å². The van der Waals surface area contributed by atoms with Crippen molar-refractivity contribution in [3.63, 3.8) is 0 Å². The Morgan fingerprint density at radius 1 is 1.06 bits per heavy atom. The van der Waals surface area contributed by atoms with Gasteiger partial charge in [-0.1, -0.05) is 71.4 Å². The summed E-state index contributed by atoms with van der Waals surface area (Å²) in [5, 5.41) is 4.41. The summed E-state index contributed by atoms with van der Waals surface area (Å²) in [6.07, 6.45) is 11.2. The Bertz CT molecular complexity index is 973. The monoisotopic (exact) mass is 417 g/mol. The van der Waals surface area contributed by atoms with Crippen molar-refractivity contribution in [3.05, 3.63) is 94.6 Å². The number of rotatable bonds is 3. The van der Waals surface area contributed by atoms with E-state index in [9.17, 15) is 4.79 Å². The zero-order valence-electron chi connectivity index (χ0n) is 18.6. The van der Waals surface area contributed by atoms with Gasteiger partial charge in [0.1, 0.15) is 12.7 Å². The van der Waals surface area contributed by atoms with Gasteiger partial charge in [-0.2, -0.15) is 0 Å². The number of hydrogen-bond acceptors (Lipinski definition) is 4. The molecule has 0 unspecified atom stereocenters. The van der Waals surface area contributed by atoms with E-state index in [1.165, 1.54) is 0 Å². The Morgan fingerprint density at radius 2 is 1.84 bits per heavy atom. The number of aryl methyl sites for hydroxylation is 2. The summed E-state index contributed by atoms with van der Waals surface area (Å²) >= 11 is 0. The first kappa shape index (κ1) is 22.5. The van der Waals surface area contributed by atoms with Gasteiger partial charge in [-0.05, 0) is 56.4 Å². The van der Waals surface area contributed by atoms with Crippen LogP contribution in [-0.2, 0) is 22.6 Å². The van der Waals surface area contributed by atoms with Crippen molar-refractivity contribution in [3.8, 4) is 0 Å². The van der Waals surface area contributed by atoms with Crippen molar-refractivity contribution in [1.82, 2.24) is 0 Å². The van der Waals surface area contributed by atoms with E-state index in [0.29, 0.717) is 18.6 Å². The first-order valence-electron chi connectivity index (χ1n) is 10.9. The minimum absolute atomic E-state index is 0.168. The van der Waals surface area contributed by atoms with E-state index in [4.69, 9.17) is 9.57 Å². The molecule has 1 heterocycles. The summed E-state index contributed by atoms with van der Waals surface area (Å²) < 4.78 is 5.74. The Hall–Kier alpha value is -3.14. The summed E-state index contributed by atoms with van der Waals surface area (Å²) in [5.74, 6) is -0.279. The van der Waals surface area contributed by atoms with Crippen LogP contribution in [0.4, 0.5) is 0 Å². The standard InChI is InChI=1S/C27H31NO3/c1-20-16-21(2)26-24(17-20)18-25(28-30-19-23-13-9-7-10-14-23)15-11-6-4-5-8-12-22(3)31-27(26)29/h5,7-11,13-17,22H,4,6,12,18-19H2,1-3H3/b8-5+,15-11+,28-25?/t22-/m0/s1. The summed E-state index contributed by atoms with van der Waals surface area (Å²) in [6, 6.07) is 14.0. The third-order valence-electron chi connectivity index (χ3n) is 5.15. The number of carbonyl (C=O) groups excluding carboxylic acids is 1. The fraction of sp³-hybridized carbons (Fsp3) is 0.333. The molecule has 1 aliphatic rings. The quantitative estimate of drug-likeness (QED) is 0.336. The van der Waals surface area contributed by atoms with Gasteiger partial charge in [0.05, 0.1) is 11.3 Å². The molecule has 0 bridgehead atoms. The molecule has 2 aromatic carbocycles. The first-order valence-corrected chi connectivity index (χ1v) is 10.9. The van der Waals surface area contributed by atoms with E-state index >= 15 is 0 Å². The van der Waals surface area contributed by atoms with Gasteiger partial charge in [-0.3, -0.25) is 0 Å². The number of benzene rings is 2. The highest BCUT2D eigenvalue weighted by Crippen LogP contribution is 2.21. The van der Waals surface area contributed by atoms with Gasteiger partial charge in [0, 0.05) is 12.8 Å². The minimum atomic E-state index is -0.279. The normalized spacial score (nSPS) is 20.9. The molecule has 0 radical (unpaired) electrons. The average Bonchev–Trinajstić information content (AvgIpc) is 2.72. The van der Waals surface area contributed by atoms with Gasteiger partial charge < -0.3 is 9.57 Å². The van der Waals surface area contributed by atoms with E-state index < -0.39 is 0 Å². The predicted molar refractivity (Wildman–Crippen MR) is 125 cm³/mol. The number of fused-ring (bicyclic) bond motifs is 1. The number of cyclic esters (lactones) is 1. The lowest BCUT2D eigenvalue weighted by Crippen LogP contribution is -2.18. The molecule has 162 valence electrons. The van der Waals surface area contributed by atoms with Gasteiger partial charge in [0.15, 0.2) is 0 Å². The molecule has 31 heavy (non-hydrogen) atoms. The number of allylic oxidation sites excluding steroid dienone is 3. The lowest BCUT2D eigenvalue weighted by Gasteiger charge is -2.17. The van der Waals surface area contributed by atoms with Crippen LogP contribution < -0.4 is 0 Å². The predicted octanol–water partition coefficient (Wildman–Crippen LogP) is 6.26. The second-order valence-corrected chi connectivity index (χ2v) is 8.04. The van der Waals surface area contributed by atoms with Gasteiger partial charge >= 0.3 is 5.97 Å². The molecule has 4 heteroatoms. The summed E-state index contributed by atoms with van der Waals surface area (Å²) in [7, 11) is 0. The van der Waals surface area contributed by atoms with E-state index in [2.05, 4.69) is 23.4 Å². The van der Waals surface area contributed by atoms with Crippen LogP contribution in [0, 0.1) is 13.8 Å². The highest BCUT2D eigenvalue weighted by atomic mass is 16.6. The minimum Gasteiger partial charge on any atom is -0.459 e. The second-order valence-electron chi connectivity index (χ2n) is 8.04. The number of carbonyl (C=O) groups is 1. The Kier molecular flexibility index (Phi) is 8.22.